The number of aromatic hydroxyl groups is 1. The van der Waals surface area contributed by atoms with Crippen LogP contribution in [0.3, 0.4) is 0 Å². The van der Waals surface area contributed by atoms with Gasteiger partial charge in [0.05, 0.1) is 22.2 Å². The Balaban J connectivity index is 1.30. The molecule has 4 heterocycles. The van der Waals surface area contributed by atoms with E-state index in [0.29, 0.717) is 11.6 Å². The van der Waals surface area contributed by atoms with Crippen molar-refractivity contribution >= 4 is 27.8 Å². The first-order valence-electron chi connectivity index (χ1n) is 11.4. The van der Waals surface area contributed by atoms with E-state index in [9.17, 15) is 5.11 Å². The van der Waals surface area contributed by atoms with Crippen molar-refractivity contribution in [1.29, 1.82) is 0 Å². The predicted molar refractivity (Wildman–Crippen MR) is 127 cm³/mol. The second kappa shape index (κ2) is 6.90. The highest BCUT2D eigenvalue weighted by molar-refractivity contribution is 5.91. The van der Waals surface area contributed by atoms with Crippen LogP contribution in [0.1, 0.15) is 31.7 Å². The number of hydrogen-bond acceptors (Lipinski definition) is 6. The summed E-state index contributed by atoms with van der Waals surface area (Å²) in [5.41, 5.74) is 5.10. The lowest BCUT2D eigenvalue weighted by molar-refractivity contribution is 0.455. The molecule has 1 aliphatic carbocycles. The van der Waals surface area contributed by atoms with Crippen LogP contribution in [0, 0.1) is 6.92 Å². The molecule has 2 aliphatic rings. The minimum absolute atomic E-state index is 0.229. The highest BCUT2D eigenvalue weighted by Gasteiger charge is 2.40. The van der Waals surface area contributed by atoms with Crippen LogP contribution in [-0.2, 0) is 7.05 Å². The van der Waals surface area contributed by atoms with Crippen molar-refractivity contribution in [1.82, 2.24) is 25.1 Å². The quantitative estimate of drug-likeness (QED) is 0.513. The first kappa shape index (κ1) is 19.5. The monoisotopic (exact) mass is 428 g/mol. The molecule has 6 rings (SSSR count). The van der Waals surface area contributed by atoms with E-state index >= 15 is 0 Å². The van der Waals surface area contributed by atoms with Gasteiger partial charge in [-0.05, 0) is 63.4 Å². The van der Waals surface area contributed by atoms with E-state index in [1.165, 1.54) is 12.8 Å². The largest absolute Gasteiger partial charge is 0.507 e. The molecular formula is C25H28N6O. The van der Waals surface area contributed by atoms with Crippen LogP contribution in [0.5, 0.6) is 5.75 Å². The van der Waals surface area contributed by atoms with Gasteiger partial charge in [-0.3, -0.25) is 4.68 Å². The summed E-state index contributed by atoms with van der Waals surface area (Å²) in [5.74, 6) is 1.24. The molecular weight excluding hydrogens is 400 g/mol. The molecule has 4 aromatic rings. The molecule has 1 aromatic carbocycles. The van der Waals surface area contributed by atoms with Gasteiger partial charge in [-0.2, -0.15) is 5.10 Å². The van der Waals surface area contributed by atoms with Gasteiger partial charge in [0.2, 0.25) is 0 Å². The van der Waals surface area contributed by atoms with Crippen LogP contribution in [0.2, 0.25) is 0 Å². The van der Waals surface area contributed by atoms with Gasteiger partial charge in [0.15, 0.2) is 0 Å². The average Bonchev–Trinajstić information content (AvgIpc) is 3.16. The minimum atomic E-state index is 0.229. The second-order valence-corrected chi connectivity index (χ2v) is 9.68. The van der Waals surface area contributed by atoms with Crippen molar-refractivity contribution in [2.45, 2.75) is 44.7 Å². The normalized spacial score (nSPS) is 19.8. The summed E-state index contributed by atoms with van der Waals surface area (Å²) in [5, 5.41) is 20.1. The third kappa shape index (κ3) is 3.28. The Morgan fingerprint density at radius 1 is 1.12 bits per heavy atom. The molecule has 0 bridgehead atoms. The lowest BCUT2D eigenvalue weighted by atomic mass is 10.0. The SMILES string of the molecule is Cc1c(O)c(-c2ccc3nc(N4CC[C@H](NC5(C)CC5)C4)ccc3n2)cc2cn(C)nc12. The Labute approximate surface area is 187 Å². The Bertz CT molecular complexity index is 1360. The van der Waals surface area contributed by atoms with Gasteiger partial charge in [-0.1, -0.05) is 0 Å². The summed E-state index contributed by atoms with van der Waals surface area (Å²) < 4.78 is 1.77. The number of nitrogens with one attached hydrogen (secondary N) is 1. The number of rotatable bonds is 4. The molecule has 0 unspecified atom stereocenters. The fraction of sp³-hybridized carbons (Fsp3) is 0.400. The first-order valence-corrected chi connectivity index (χ1v) is 11.4. The number of pyridine rings is 2. The van der Waals surface area contributed by atoms with Crippen molar-refractivity contribution in [3.8, 4) is 17.0 Å². The first-order chi connectivity index (χ1) is 15.4. The highest BCUT2D eigenvalue weighted by Crippen LogP contribution is 2.37. The summed E-state index contributed by atoms with van der Waals surface area (Å²) in [7, 11) is 1.89. The molecule has 0 amide bonds. The van der Waals surface area contributed by atoms with Crippen LogP contribution in [-0.4, -0.2) is 49.5 Å². The summed E-state index contributed by atoms with van der Waals surface area (Å²) >= 11 is 0. The van der Waals surface area contributed by atoms with E-state index in [2.05, 4.69) is 28.3 Å². The maximum Gasteiger partial charge on any atom is 0.130 e. The third-order valence-corrected chi connectivity index (χ3v) is 6.99. The van der Waals surface area contributed by atoms with Gasteiger partial charge >= 0.3 is 0 Å². The fourth-order valence-corrected chi connectivity index (χ4v) is 4.87. The zero-order valence-corrected chi connectivity index (χ0v) is 18.8. The van der Waals surface area contributed by atoms with Crippen LogP contribution in [0.15, 0.2) is 36.5 Å². The summed E-state index contributed by atoms with van der Waals surface area (Å²) in [6, 6.07) is 10.5. The number of fused-ring (bicyclic) bond motifs is 2. The van der Waals surface area contributed by atoms with E-state index in [1.807, 2.05) is 44.4 Å². The van der Waals surface area contributed by atoms with Crippen LogP contribution >= 0.6 is 0 Å². The number of phenols is 1. The fourth-order valence-electron chi connectivity index (χ4n) is 4.87. The van der Waals surface area contributed by atoms with Crippen LogP contribution in [0.4, 0.5) is 5.82 Å². The maximum atomic E-state index is 10.8. The minimum Gasteiger partial charge on any atom is -0.507 e. The van der Waals surface area contributed by atoms with E-state index < -0.39 is 0 Å². The van der Waals surface area contributed by atoms with Crippen LogP contribution < -0.4 is 10.2 Å². The Morgan fingerprint density at radius 3 is 2.72 bits per heavy atom. The van der Waals surface area contributed by atoms with Crippen molar-refractivity contribution in [3.05, 3.63) is 42.1 Å². The van der Waals surface area contributed by atoms with Gasteiger partial charge in [0.1, 0.15) is 11.6 Å². The maximum absolute atomic E-state index is 10.8. The van der Waals surface area contributed by atoms with Crippen molar-refractivity contribution in [2.75, 3.05) is 18.0 Å². The molecule has 7 heteroatoms. The number of phenolic OH excluding ortho intramolecular Hbond substituents is 1. The molecule has 1 aliphatic heterocycles. The second-order valence-electron chi connectivity index (χ2n) is 9.68. The third-order valence-electron chi connectivity index (χ3n) is 6.99. The van der Waals surface area contributed by atoms with Gasteiger partial charge in [0.25, 0.3) is 0 Å². The lowest BCUT2D eigenvalue weighted by Crippen LogP contribution is -2.40. The van der Waals surface area contributed by atoms with Crippen molar-refractivity contribution < 1.29 is 5.11 Å². The molecule has 1 atom stereocenters. The molecule has 3 aromatic heterocycles. The number of hydrogen-bond donors (Lipinski definition) is 2. The highest BCUT2D eigenvalue weighted by atomic mass is 16.3. The molecule has 164 valence electrons. The van der Waals surface area contributed by atoms with E-state index in [1.54, 1.807) is 4.68 Å². The van der Waals surface area contributed by atoms with Gasteiger partial charge in [-0.25, -0.2) is 9.97 Å². The molecule has 0 radical (unpaired) electrons. The molecule has 7 nitrogen and oxygen atoms in total. The Morgan fingerprint density at radius 2 is 1.91 bits per heavy atom. The van der Waals surface area contributed by atoms with Gasteiger partial charge in [-0.15, -0.1) is 0 Å². The van der Waals surface area contributed by atoms with Gasteiger partial charge < -0.3 is 15.3 Å². The lowest BCUT2D eigenvalue weighted by Gasteiger charge is -2.20. The number of aryl methyl sites for hydroxylation is 2. The summed E-state index contributed by atoms with van der Waals surface area (Å²) in [6.45, 7) is 6.23. The zero-order chi connectivity index (χ0) is 22.0. The van der Waals surface area contributed by atoms with E-state index in [4.69, 9.17) is 9.97 Å². The average molecular weight is 429 g/mol. The summed E-state index contributed by atoms with van der Waals surface area (Å²) in [4.78, 5) is 12.1. The van der Waals surface area contributed by atoms with Crippen molar-refractivity contribution in [3.63, 3.8) is 0 Å². The number of aromatic nitrogens is 4. The topological polar surface area (TPSA) is 79.1 Å². The number of nitrogens with zero attached hydrogens (tertiary/aromatic N) is 5. The number of anilines is 1. The predicted octanol–water partition coefficient (Wildman–Crippen LogP) is 3.92. The Hall–Kier alpha value is -3.19. The number of benzene rings is 1. The van der Waals surface area contributed by atoms with Crippen molar-refractivity contribution in [2.24, 2.45) is 7.05 Å². The van der Waals surface area contributed by atoms with Gasteiger partial charge in [0, 0.05) is 54.4 Å². The summed E-state index contributed by atoms with van der Waals surface area (Å²) in [6.07, 6.45) is 5.69. The molecule has 2 N–H and O–H groups in total. The molecule has 1 saturated heterocycles. The molecule has 0 spiro atoms. The van der Waals surface area contributed by atoms with E-state index in [0.717, 1.165) is 64.1 Å². The standard InChI is InChI=1S/C25H28N6O/c1-15-23-16(13-30(3)29-23)12-18(24(15)32)19-4-5-21-20(26-19)6-7-22(27-21)31-11-8-17(14-31)28-25(2)9-10-25/h4-7,12-13,17,28,32H,8-11,14H2,1-3H3/t17-/m0/s1. The Kier molecular flexibility index (Phi) is 4.21. The zero-order valence-electron chi connectivity index (χ0n) is 18.8. The molecule has 2 fully saturated rings. The smallest absolute Gasteiger partial charge is 0.130 e. The molecule has 1 saturated carbocycles. The van der Waals surface area contributed by atoms with E-state index in [-0.39, 0.29) is 5.75 Å². The van der Waals surface area contributed by atoms with Crippen LogP contribution in [0.25, 0.3) is 33.2 Å². The molecule has 32 heavy (non-hydrogen) atoms.